The van der Waals surface area contributed by atoms with E-state index in [4.69, 9.17) is 17.2 Å². The van der Waals surface area contributed by atoms with Crippen molar-refractivity contribution in [2.75, 3.05) is 26.7 Å². The van der Waals surface area contributed by atoms with Crippen molar-refractivity contribution in [1.82, 2.24) is 20.4 Å². The Kier molecular flexibility index (Phi) is 7.54. The second-order valence-electron chi connectivity index (χ2n) is 11.0. The number of rotatable bonds is 7. The predicted molar refractivity (Wildman–Crippen MR) is 137 cm³/mol. The van der Waals surface area contributed by atoms with E-state index >= 15 is 0 Å². The van der Waals surface area contributed by atoms with Gasteiger partial charge in [-0.1, -0.05) is 43.5 Å². The summed E-state index contributed by atoms with van der Waals surface area (Å²) in [5, 5.41) is 5.68. The highest BCUT2D eigenvalue weighted by Crippen LogP contribution is 2.35. The SMILES string of the molecule is CN[C@](C)(N)C(=O)N[C@](N)(C(=O)N1CCCC1(N)CN1CCc2ccccc2C1)C1CCCCC1. The predicted octanol–water partition coefficient (Wildman–Crippen LogP) is 0.568. The van der Waals surface area contributed by atoms with E-state index in [-0.39, 0.29) is 11.8 Å². The van der Waals surface area contributed by atoms with E-state index in [1.807, 2.05) is 0 Å². The van der Waals surface area contributed by atoms with Gasteiger partial charge in [0, 0.05) is 32.1 Å². The first-order chi connectivity index (χ1) is 16.6. The van der Waals surface area contributed by atoms with Gasteiger partial charge < -0.3 is 27.4 Å². The Bertz CT molecular complexity index is 932. The molecular weight excluding hydrogens is 442 g/mol. The van der Waals surface area contributed by atoms with Gasteiger partial charge in [-0.05, 0) is 57.2 Å². The number of carbonyl (C=O) groups is 2. The lowest BCUT2D eigenvalue weighted by Gasteiger charge is -2.47. The fourth-order valence-corrected chi connectivity index (χ4v) is 5.99. The number of amides is 2. The molecular formula is C26H43N7O2. The minimum atomic E-state index is -1.54. The maximum Gasteiger partial charge on any atom is 0.265 e. The average Bonchev–Trinajstić information content (AvgIpc) is 3.24. The van der Waals surface area contributed by atoms with Crippen molar-refractivity contribution in [3.63, 3.8) is 0 Å². The van der Waals surface area contributed by atoms with Crippen LogP contribution in [0.25, 0.3) is 0 Å². The van der Waals surface area contributed by atoms with E-state index in [0.717, 1.165) is 58.0 Å². The molecule has 1 aromatic rings. The molecule has 1 aromatic carbocycles. The molecule has 4 rings (SSSR count). The third-order valence-corrected chi connectivity index (χ3v) is 8.40. The lowest BCUT2D eigenvalue weighted by molar-refractivity contribution is -0.150. The van der Waals surface area contributed by atoms with Gasteiger partial charge in [-0.2, -0.15) is 0 Å². The number of benzene rings is 1. The van der Waals surface area contributed by atoms with Crippen LogP contribution in [-0.4, -0.2) is 65.3 Å². The number of likely N-dealkylation sites (N-methyl/N-ethyl adjacent to an activating group) is 1. The molecule has 2 amide bonds. The summed E-state index contributed by atoms with van der Waals surface area (Å²) in [4.78, 5) is 31.4. The molecule has 0 spiro atoms. The number of nitrogens with zero attached hydrogens (tertiary/aromatic N) is 2. The van der Waals surface area contributed by atoms with E-state index in [1.165, 1.54) is 11.1 Å². The molecule has 1 saturated carbocycles. The molecule has 2 fully saturated rings. The van der Waals surface area contributed by atoms with E-state index < -0.39 is 22.9 Å². The summed E-state index contributed by atoms with van der Waals surface area (Å²) in [5.74, 6) is -0.940. The molecule has 35 heavy (non-hydrogen) atoms. The molecule has 3 aliphatic rings. The Labute approximate surface area is 209 Å². The van der Waals surface area contributed by atoms with Crippen molar-refractivity contribution in [3.05, 3.63) is 35.4 Å². The van der Waals surface area contributed by atoms with Crippen molar-refractivity contribution in [2.24, 2.45) is 23.1 Å². The molecule has 1 unspecified atom stereocenters. The number of hydrogen-bond donors (Lipinski definition) is 5. The molecule has 9 heteroatoms. The van der Waals surface area contributed by atoms with Gasteiger partial charge in [-0.3, -0.25) is 19.8 Å². The Balaban J connectivity index is 1.56. The van der Waals surface area contributed by atoms with Crippen LogP contribution in [0.1, 0.15) is 63.0 Å². The van der Waals surface area contributed by atoms with Crippen molar-refractivity contribution < 1.29 is 9.59 Å². The second kappa shape index (κ2) is 10.1. The molecule has 2 aliphatic heterocycles. The fraction of sp³-hybridized carbons (Fsp3) is 0.692. The number of hydrogen-bond acceptors (Lipinski definition) is 7. The quantitative estimate of drug-likeness (QED) is 0.355. The van der Waals surface area contributed by atoms with Gasteiger partial charge in [0.25, 0.3) is 11.8 Å². The third kappa shape index (κ3) is 5.24. The largest absolute Gasteiger partial charge is 0.327 e. The van der Waals surface area contributed by atoms with E-state index in [0.29, 0.717) is 19.5 Å². The minimum absolute atomic E-state index is 0.160. The fourth-order valence-electron chi connectivity index (χ4n) is 5.99. The number of likely N-dealkylation sites (tertiary alicyclic amines) is 1. The van der Waals surface area contributed by atoms with Gasteiger partial charge in [0.2, 0.25) is 0 Å². The topological polar surface area (TPSA) is 143 Å². The average molecular weight is 486 g/mol. The molecule has 1 saturated heterocycles. The molecule has 1 aliphatic carbocycles. The van der Waals surface area contributed by atoms with Crippen molar-refractivity contribution in [1.29, 1.82) is 0 Å². The summed E-state index contributed by atoms with van der Waals surface area (Å²) in [7, 11) is 1.61. The van der Waals surface area contributed by atoms with Gasteiger partial charge in [0.15, 0.2) is 5.66 Å². The number of nitrogens with two attached hydrogens (primary N) is 3. The summed E-state index contributed by atoms with van der Waals surface area (Å²) >= 11 is 0. The summed E-state index contributed by atoms with van der Waals surface area (Å²) in [6.07, 6.45) is 7.15. The molecule has 0 aromatic heterocycles. The maximum absolute atomic E-state index is 14.2. The molecule has 8 N–H and O–H groups in total. The highest BCUT2D eigenvalue weighted by molar-refractivity contribution is 5.94. The van der Waals surface area contributed by atoms with Crippen LogP contribution in [0.15, 0.2) is 24.3 Å². The van der Waals surface area contributed by atoms with Gasteiger partial charge in [-0.15, -0.1) is 0 Å². The van der Waals surface area contributed by atoms with Crippen LogP contribution in [0, 0.1) is 5.92 Å². The summed E-state index contributed by atoms with van der Waals surface area (Å²) < 4.78 is 0. The van der Waals surface area contributed by atoms with Crippen LogP contribution in [0.3, 0.4) is 0 Å². The minimum Gasteiger partial charge on any atom is -0.327 e. The lowest BCUT2D eigenvalue weighted by Crippen LogP contribution is -2.76. The van der Waals surface area contributed by atoms with Crippen molar-refractivity contribution in [3.8, 4) is 0 Å². The molecule has 2 heterocycles. The standard InChI is InChI=1S/C26H43N7O2/c1-24(27,30-2)22(34)31-26(29,21-11-4-3-5-12-21)23(35)33-15-8-14-25(33,28)18-32-16-13-19-9-6-7-10-20(19)17-32/h6-7,9-10,21,30H,3-5,8,11-18,27-29H2,1-2H3,(H,31,34)/t24-,25?,26-/m0/s1. The molecule has 0 bridgehead atoms. The lowest BCUT2D eigenvalue weighted by atomic mass is 9.78. The van der Waals surface area contributed by atoms with E-state index in [2.05, 4.69) is 39.8 Å². The molecule has 9 nitrogen and oxygen atoms in total. The Morgan fingerprint density at radius 1 is 1.09 bits per heavy atom. The normalized spacial score (nSPS) is 27.1. The summed E-state index contributed by atoms with van der Waals surface area (Å²) in [5.41, 5.74) is 19.0. The monoisotopic (exact) mass is 485 g/mol. The van der Waals surface area contributed by atoms with Gasteiger partial charge in [-0.25, -0.2) is 0 Å². The Hall–Kier alpha value is -2.04. The van der Waals surface area contributed by atoms with Crippen LogP contribution in [0.2, 0.25) is 0 Å². The van der Waals surface area contributed by atoms with E-state index in [9.17, 15) is 9.59 Å². The Morgan fingerprint density at radius 2 is 1.77 bits per heavy atom. The smallest absolute Gasteiger partial charge is 0.265 e. The highest BCUT2D eigenvalue weighted by atomic mass is 16.2. The molecule has 0 radical (unpaired) electrons. The van der Waals surface area contributed by atoms with Crippen LogP contribution in [-0.2, 0) is 22.6 Å². The van der Waals surface area contributed by atoms with Crippen LogP contribution < -0.4 is 27.8 Å². The van der Waals surface area contributed by atoms with Gasteiger partial charge in [0.05, 0.1) is 0 Å². The van der Waals surface area contributed by atoms with Crippen molar-refractivity contribution >= 4 is 11.8 Å². The first-order valence-corrected chi connectivity index (χ1v) is 13.1. The maximum atomic E-state index is 14.2. The van der Waals surface area contributed by atoms with E-state index in [1.54, 1.807) is 18.9 Å². The molecule has 194 valence electrons. The van der Waals surface area contributed by atoms with Crippen LogP contribution in [0.5, 0.6) is 0 Å². The van der Waals surface area contributed by atoms with Crippen molar-refractivity contribution in [2.45, 2.75) is 81.8 Å². The van der Waals surface area contributed by atoms with Gasteiger partial charge in [0.1, 0.15) is 11.3 Å². The summed E-state index contributed by atoms with van der Waals surface area (Å²) in [6.45, 7) is 4.41. The first-order valence-electron chi connectivity index (χ1n) is 13.1. The zero-order chi connectivity index (χ0) is 25.3. The number of carbonyl (C=O) groups excluding carboxylic acids is 2. The first kappa shape index (κ1) is 26.0. The number of fused-ring (bicyclic) bond motifs is 1. The third-order valence-electron chi connectivity index (χ3n) is 8.40. The van der Waals surface area contributed by atoms with Crippen LogP contribution >= 0.6 is 0 Å². The number of nitrogens with one attached hydrogen (secondary N) is 2. The summed E-state index contributed by atoms with van der Waals surface area (Å²) in [6, 6.07) is 8.49. The molecule has 3 atom stereocenters. The zero-order valence-electron chi connectivity index (χ0n) is 21.3. The Morgan fingerprint density at radius 3 is 2.46 bits per heavy atom. The van der Waals surface area contributed by atoms with Gasteiger partial charge >= 0.3 is 0 Å². The zero-order valence-corrected chi connectivity index (χ0v) is 21.3. The highest BCUT2D eigenvalue weighted by Gasteiger charge is 2.53. The second-order valence-corrected chi connectivity index (χ2v) is 11.0. The van der Waals surface area contributed by atoms with Crippen LogP contribution in [0.4, 0.5) is 0 Å².